The molecule has 1 unspecified atom stereocenters. The summed E-state index contributed by atoms with van der Waals surface area (Å²) >= 11 is 1.19. The summed E-state index contributed by atoms with van der Waals surface area (Å²) in [5.74, 6) is 0.665. The first kappa shape index (κ1) is 17.2. The van der Waals surface area contributed by atoms with Gasteiger partial charge in [0.15, 0.2) is 5.13 Å². The first-order valence-electron chi connectivity index (χ1n) is 7.06. The van der Waals surface area contributed by atoms with Crippen LogP contribution < -0.4 is 10.1 Å². The highest BCUT2D eigenvalue weighted by atomic mass is 32.1. The molecule has 1 atom stereocenters. The zero-order valence-electron chi connectivity index (χ0n) is 13.5. The topological polar surface area (TPSA) is 80.7 Å². The molecular formula is C16H20N2O4S. The number of aliphatic hydroxyl groups excluding tert-OH is 1. The van der Waals surface area contributed by atoms with E-state index in [0.717, 1.165) is 0 Å². The summed E-state index contributed by atoms with van der Waals surface area (Å²) < 4.78 is 10.3. The number of methoxy groups -OCH3 is 1. The van der Waals surface area contributed by atoms with Crippen molar-refractivity contribution in [2.24, 2.45) is 0 Å². The average Bonchev–Trinajstić information content (AvgIpc) is 2.92. The molecule has 2 rings (SSSR count). The Morgan fingerprint density at radius 3 is 2.78 bits per heavy atom. The molecule has 7 heteroatoms. The van der Waals surface area contributed by atoms with Crippen molar-refractivity contribution in [1.29, 1.82) is 0 Å². The van der Waals surface area contributed by atoms with Crippen molar-refractivity contribution in [3.8, 4) is 5.75 Å². The lowest BCUT2D eigenvalue weighted by atomic mass is 10.1. The third kappa shape index (κ3) is 4.94. The Bertz CT molecular complexity index is 679. The maximum Gasteiger partial charge on any atom is 0.413 e. The Hall–Kier alpha value is -2.12. The SMILES string of the molecule is COc1cccc(C(O)c2cnc(NC(=O)OC(C)(C)C)s2)c1. The molecule has 0 bridgehead atoms. The molecule has 1 heterocycles. The van der Waals surface area contributed by atoms with Gasteiger partial charge in [0.2, 0.25) is 0 Å². The summed E-state index contributed by atoms with van der Waals surface area (Å²) in [5, 5.41) is 13.3. The minimum Gasteiger partial charge on any atom is -0.497 e. The summed E-state index contributed by atoms with van der Waals surface area (Å²) in [5.41, 5.74) is 0.112. The molecule has 0 aliphatic carbocycles. The van der Waals surface area contributed by atoms with Gasteiger partial charge in [-0.05, 0) is 38.5 Å². The number of ether oxygens (including phenoxy) is 2. The molecule has 1 amide bonds. The molecule has 0 spiro atoms. The quantitative estimate of drug-likeness (QED) is 0.892. The van der Waals surface area contributed by atoms with E-state index in [1.165, 1.54) is 17.5 Å². The fraction of sp³-hybridized carbons (Fsp3) is 0.375. The zero-order valence-corrected chi connectivity index (χ0v) is 14.3. The minimum absolute atomic E-state index is 0.371. The van der Waals surface area contributed by atoms with Gasteiger partial charge in [-0.2, -0.15) is 0 Å². The van der Waals surface area contributed by atoms with E-state index in [1.54, 1.807) is 52.1 Å². The van der Waals surface area contributed by atoms with Gasteiger partial charge in [0.05, 0.1) is 12.0 Å². The van der Waals surface area contributed by atoms with Crippen LogP contribution in [0.2, 0.25) is 0 Å². The largest absolute Gasteiger partial charge is 0.497 e. The van der Waals surface area contributed by atoms with E-state index in [4.69, 9.17) is 9.47 Å². The van der Waals surface area contributed by atoms with Crippen molar-refractivity contribution < 1.29 is 19.4 Å². The third-order valence-corrected chi connectivity index (χ3v) is 3.78. The molecule has 1 aromatic carbocycles. The van der Waals surface area contributed by atoms with Crippen LogP contribution in [-0.2, 0) is 4.74 Å². The van der Waals surface area contributed by atoms with E-state index >= 15 is 0 Å². The van der Waals surface area contributed by atoms with Gasteiger partial charge in [0.1, 0.15) is 17.5 Å². The molecule has 2 aromatic rings. The first-order valence-corrected chi connectivity index (χ1v) is 7.88. The molecule has 0 saturated heterocycles. The first-order chi connectivity index (χ1) is 10.8. The van der Waals surface area contributed by atoms with Crippen LogP contribution in [0.5, 0.6) is 5.75 Å². The van der Waals surface area contributed by atoms with Gasteiger partial charge in [-0.25, -0.2) is 9.78 Å². The third-order valence-electron chi connectivity index (χ3n) is 2.81. The number of nitrogens with zero attached hydrogens (tertiary/aromatic N) is 1. The van der Waals surface area contributed by atoms with Crippen LogP contribution in [0.15, 0.2) is 30.5 Å². The summed E-state index contributed by atoms with van der Waals surface area (Å²) in [4.78, 5) is 16.4. The Kier molecular flexibility index (Phi) is 5.23. The summed E-state index contributed by atoms with van der Waals surface area (Å²) in [6.45, 7) is 5.35. The number of hydrogen-bond donors (Lipinski definition) is 2. The van der Waals surface area contributed by atoms with Gasteiger partial charge >= 0.3 is 6.09 Å². The van der Waals surface area contributed by atoms with Crippen LogP contribution in [0.3, 0.4) is 0 Å². The molecule has 0 aliphatic heterocycles. The van der Waals surface area contributed by atoms with Gasteiger partial charge < -0.3 is 14.6 Å². The standard InChI is InChI=1S/C16H20N2O4S/c1-16(2,3)22-15(20)18-14-17-9-12(23-14)13(19)10-6-5-7-11(8-10)21-4/h5-9,13,19H,1-4H3,(H,17,18,20). The van der Waals surface area contributed by atoms with E-state index in [2.05, 4.69) is 10.3 Å². The van der Waals surface area contributed by atoms with Crippen molar-refractivity contribution in [3.05, 3.63) is 40.9 Å². The van der Waals surface area contributed by atoms with Crippen LogP contribution in [-0.4, -0.2) is 28.9 Å². The molecule has 124 valence electrons. The Morgan fingerprint density at radius 2 is 2.13 bits per heavy atom. The number of anilines is 1. The van der Waals surface area contributed by atoms with Gasteiger partial charge in [-0.3, -0.25) is 5.32 Å². The number of thiazole rings is 1. The van der Waals surface area contributed by atoms with Crippen molar-refractivity contribution in [1.82, 2.24) is 4.98 Å². The summed E-state index contributed by atoms with van der Waals surface area (Å²) in [6, 6.07) is 7.16. The molecular weight excluding hydrogens is 316 g/mol. The smallest absolute Gasteiger partial charge is 0.413 e. The minimum atomic E-state index is -0.836. The van der Waals surface area contributed by atoms with Crippen molar-refractivity contribution in [2.75, 3.05) is 12.4 Å². The maximum absolute atomic E-state index is 11.7. The fourth-order valence-corrected chi connectivity index (χ4v) is 2.65. The van der Waals surface area contributed by atoms with Crippen molar-refractivity contribution in [2.45, 2.75) is 32.5 Å². The lowest BCUT2D eigenvalue weighted by molar-refractivity contribution is 0.0636. The second-order valence-electron chi connectivity index (χ2n) is 5.87. The molecule has 0 saturated carbocycles. The van der Waals surface area contributed by atoms with Gasteiger partial charge in [-0.15, -0.1) is 0 Å². The van der Waals surface area contributed by atoms with E-state index in [1.807, 2.05) is 0 Å². The molecule has 0 aliphatic rings. The average molecular weight is 336 g/mol. The van der Waals surface area contributed by atoms with Gasteiger partial charge in [0, 0.05) is 6.20 Å². The summed E-state index contributed by atoms with van der Waals surface area (Å²) in [6.07, 6.45) is 0.118. The van der Waals surface area contributed by atoms with Crippen LogP contribution >= 0.6 is 11.3 Å². The number of aromatic nitrogens is 1. The zero-order chi connectivity index (χ0) is 17.0. The number of aliphatic hydroxyl groups is 1. The Balaban J connectivity index is 2.07. The van der Waals surface area contributed by atoms with Crippen molar-refractivity contribution >= 4 is 22.6 Å². The Morgan fingerprint density at radius 1 is 1.39 bits per heavy atom. The molecule has 0 radical (unpaired) electrons. The number of carbonyl (C=O) groups excluding carboxylic acids is 1. The summed E-state index contributed by atoms with van der Waals surface area (Å²) in [7, 11) is 1.57. The van der Waals surface area contributed by atoms with Gasteiger partial charge in [0.25, 0.3) is 0 Å². The Labute approximate surface area is 139 Å². The molecule has 2 N–H and O–H groups in total. The lowest BCUT2D eigenvalue weighted by Crippen LogP contribution is -2.27. The maximum atomic E-state index is 11.7. The molecule has 6 nitrogen and oxygen atoms in total. The molecule has 0 fully saturated rings. The highest BCUT2D eigenvalue weighted by molar-refractivity contribution is 7.15. The van der Waals surface area contributed by atoms with Crippen LogP contribution in [0.4, 0.5) is 9.93 Å². The predicted molar refractivity (Wildman–Crippen MR) is 89.0 cm³/mol. The lowest BCUT2D eigenvalue weighted by Gasteiger charge is -2.18. The highest BCUT2D eigenvalue weighted by Gasteiger charge is 2.19. The molecule has 23 heavy (non-hydrogen) atoms. The van der Waals surface area contributed by atoms with Gasteiger partial charge in [-0.1, -0.05) is 23.5 Å². The number of nitrogens with one attached hydrogen (secondary N) is 1. The second kappa shape index (κ2) is 6.97. The number of carbonyl (C=O) groups is 1. The number of hydrogen-bond acceptors (Lipinski definition) is 6. The number of rotatable bonds is 4. The van der Waals surface area contributed by atoms with Crippen LogP contribution in [0.25, 0.3) is 0 Å². The number of benzene rings is 1. The van der Waals surface area contributed by atoms with Crippen LogP contribution in [0, 0.1) is 0 Å². The normalized spacial score (nSPS) is 12.6. The van der Waals surface area contributed by atoms with Crippen molar-refractivity contribution in [3.63, 3.8) is 0 Å². The van der Waals surface area contributed by atoms with Crippen LogP contribution in [0.1, 0.15) is 37.3 Å². The second-order valence-corrected chi connectivity index (χ2v) is 6.94. The number of amides is 1. The van der Waals surface area contributed by atoms with E-state index in [0.29, 0.717) is 21.3 Å². The fourth-order valence-electron chi connectivity index (χ4n) is 1.84. The predicted octanol–water partition coefficient (Wildman–Crippen LogP) is 3.58. The highest BCUT2D eigenvalue weighted by Crippen LogP contribution is 2.30. The monoisotopic (exact) mass is 336 g/mol. The molecule has 1 aromatic heterocycles. The van der Waals surface area contributed by atoms with E-state index in [9.17, 15) is 9.90 Å². The van der Waals surface area contributed by atoms with E-state index < -0.39 is 17.8 Å². The van der Waals surface area contributed by atoms with E-state index in [-0.39, 0.29) is 0 Å².